The minimum Gasteiger partial charge on any atom is -0.379 e. The molecule has 0 spiro atoms. The molecule has 0 fully saturated rings. The summed E-state index contributed by atoms with van der Waals surface area (Å²) in [5.74, 6) is 0. The summed E-state index contributed by atoms with van der Waals surface area (Å²) in [5.41, 5.74) is 0. The van der Waals surface area contributed by atoms with Crippen molar-refractivity contribution in [3.8, 4) is 0 Å². The van der Waals surface area contributed by atoms with Crippen LogP contribution < -0.4 is 0 Å². The zero-order chi connectivity index (χ0) is 5.15. The van der Waals surface area contributed by atoms with Gasteiger partial charge in [0.15, 0.2) is 0 Å². The Hall–Kier alpha value is 0.543. The van der Waals surface area contributed by atoms with Gasteiger partial charge in [0.1, 0.15) is 6.23 Å². The number of hydrogen-bond acceptors (Lipinski definition) is 2. The van der Waals surface area contributed by atoms with Gasteiger partial charge in [-0.25, -0.2) is 0 Å². The first-order valence-corrected chi connectivity index (χ1v) is 1.99. The average molecular weight is 155 g/mol. The zero-order valence-electron chi connectivity index (χ0n) is 5.18. The van der Waals surface area contributed by atoms with Crippen LogP contribution in [0.2, 0.25) is 0 Å². The molecule has 0 aromatic rings. The Bertz CT molecular complexity index is 32.7. The third kappa shape index (κ3) is 6.54. The molecular weight excluding hydrogens is 143 g/mol. The van der Waals surface area contributed by atoms with Crippen LogP contribution in [-0.2, 0) is 19.5 Å². The topological polar surface area (TPSA) is 23.5 Å². The van der Waals surface area contributed by atoms with E-state index in [9.17, 15) is 0 Å². The molecule has 0 aliphatic rings. The minimum atomic E-state index is -0.315. The first kappa shape index (κ1) is 10.5. The van der Waals surface area contributed by atoms with Crippen LogP contribution in [0, 0.1) is 0 Å². The van der Waals surface area contributed by atoms with Crippen molar-refractivity contribution in [1.29, 1.82) is 0 Å². The Labute approximate surface area is 57.3 Å². The molecule has 1 N–H and O–H groups in total. The molecule has 0 rings (SSSR count). The summed E-state index contributed by atoms with van der Waals surface area (Å²) >= 11 is 0. The zero-order valence-corrected chi connectivity index (χ0v) is 8.15. The van der Waals surface area contributed by atoms with Crippen molar-refractivity contribution < 1.29 is 24.6 Å². The molecular formula is C4H11NOZn. The SMILES string of the molecule is CC(O)N(C)C.[Zn]. The number of aliphatic hydroxyl groups is 1. The van der Waals surface area contributed by atoms with Crippen LogP contribution in [0.1, 0.15) is 6.92 Å². The molecule has 1 unspecified atom stereocenters. The van der Waals surface area contributed by atoms with Crippen molar-refractivity contribution in [1.82, 2.24) is 4.90 Å². The van der Waals surface area contributed by atoms with Gasteiger partial charge in [-0.3, -0.25) is 4.90 Å². The standard InChI is InChI=1S/C4H11NO.Zn/c1-4(6)5(2)3;/h4,6H,1-3H3;. The van der Waals surface area contributed by atoms with E-state index in [2.05, 4.69) is 0 Å². The monoisotopic (exact) mass is 153 g/mol. The van der Waals surface area contributed by atoms with Gasteiger partial charge < -0.3 is 5.11 Å². The van der Waals surface area contributed by atoms with Crippen molar-refractivity contribution in [3.63, 3.8) is 0 Å². The Morgan fingerprint density at radius 1 is 1.43 bits per heavy atom. The first-order chi connectivity index (χ1) is 2.64. The summed E-state index contributed by atoms with van der Waals surface area (Å²) in [5, 5.41) is 8.56. The molecule has 0 aromatic carbocycles. The maximum absolute atomic E-state index is 8.56. The van der Waals surface area contributed by atoms with E-state index in [0.717, 1.165) is 0 Å². The summed E-state index contributed by atoms with van der Waals surface area (Å²) in [7, 11) is 3.65. The number of hydrogen-bond donors (Lipinski definition) is 1. The van der Waals surface area contributed by atoms with Gasteiger partial charge in [0.25, 0.3) is 0 Å². The smallest absolute Gasteiger partial charge is 0.104 e. The van der Waals surface area contributed by atoms with Crippen LogP contribution in [0.25, 0.3) is 0 Å². The number of rotatable bonds is 1. The van der Waals surface area contributed by atoms with Gasteiger partial charge in [-0.05, 0) is 21.0 Å². The van der Waals surface area contributed by atoms with Crippen LogP contribution >= 0.6 is 0 Å². The van der Waals surface area contributed by atoms with Crippen molar-refractivity contribution in [2.75, 3.05) is 14.1 Å². The van der Waals surface area contributed by atoms with Gasteiger partial charge in [0.2, 0.25) is 0 Å². The van der Waals surface area contributed by atoms with Gasteiger partial charge in [-0.1, -0.05) is 0 Å². The van der Waals surface area contributed by atoms with Gasteiger partial charge in [-0.2, -0.15) is 0 Å². The van der Waals surface area contributed by atoms with Crippen molar-refractivity contribution in [2.24, 2.45) is 0 Å². The van der Waals surface area contributed by atoms with E-state index in [1.807, 2.05) is 14.1 Å². The third-order valence-corrected chi connectivity index (χ3v) is 0.747. The molecule has 0 saturated heterocycles. The Morgan fingerprint density at radius 3 is 1.57 bits per heavy atom. The molecule has 40 valence electrons. The van der Waals surface area contributed by atoms with Gasteiger partial charge in [0.05, 0.1) is 0 Å². The fourth-order valence-electron chi connectivity index (χ4n) is 0. The molecule has 0 aromatic heterocycles. The van der Waals surface area contributed by atoms with Crippen molar-refractivity contribution in [2.45, 2.75) is 13.2 Å². The van der Waals surface area contributed by atoms with E-state index in [1.54, 1.807) is 11.8 Å². The Balaban J connectivity index is 0. The molecule has 3 heteroatoms. The normalized spacial score (nSPS) is 13.3. The van der Waals surface area contributed by atoms with Crippen LogP contribution in [0.15, 0.2) is 0 Å². The van der Waals surface area contributed by atoms with Crippen LogP contribution in [-0.4, -0.2) is 30.3 Å². The largest absolute Gasteiger partial charge is 0.379 e. The van der Waals surface area contributed by atoms with Gasteiger partial charge >= 0.3 is 0 Å². The minimum absolute atomic E-state index is 0. The van der Waals surface area contributed by atoms with Gasteiger partial charge in [-0.15, -0.1) is 0 Å². The molecule has 1 atom stereocenters. The molecule has 0 heterocycles. The summed E-state index contributed by atoms with van der Waals surface area (Å²) in [6, 6.07) is 0. The molecule has 2 nitrogen and oxygen atoms in total. The summed E-state index contributed by atoms with van der Waals surface area (Å²) in [6.07, 6.45) is -0.315. The predicted octanol–water partition coefficient (Wildman–Crippen LogP) is -0.116. The second-order valence-corrected chi connectivity index (χ2v) is 1.60. The fraction of sp³-hybridized carbons (Fsp3) is 1.00. The van der Waals surface area contributed by atoms with Crippen molar-refractivity contribution in [3.05, 3.63) is 0 Å². The summed E-state index contributed by atoms with van der Waals surface area (Å²) in [6.45, 7) is 1.72. The second kappa shape index (κ2) is 4.70. The van der Waals surface area contributed by atoms with Crippen LogP contribution in [0.4, 0.5) is 0 Å². The first-order valence-electron chi connectivity index (χ1n) is 1.99. The van der Waals surface area contributed by atoms with E-state index >= 15 is 0 Å². The third-order valence-electron chi connectivity index (χ3n) is 0.747. The Kier molecular flexibility index (Phi) is 7.05. The van der Waals surface area contributed by atoms with E-state index in [4.69, 9.17) is 5.11 Å². The molecule has 0 aliphatic heterocycles. The molecule has 0 bridgehead atoms. The van der Waals surface area contributed by atoms with Crippen LogP contribution in [0.3, 0.4) is 0 Å². The van der Waals surface area contributed by atoms with Gasteiger partial charge in [0, 0.05) is 19.5 Å². The maximum Gasteiger partial charge on any atom is 0.104 e. The summed E-state index contributed by atoms with van der Waals surface area (Å²) in [4.78, 5) is 1.72. The second-order valence-electron chi connectivity index (χ2n) is 1.60. The van der Waals surface area contributed by atoms with E-state index in [0.29, 0.717) is 0 Å². The average Bonchev–Trinajstić information content (AvgIpc) is 1.36. The summed E-state index contributed by atoms with van der Waals surface area (Å²) < 4.78 is 0. The van der Waals surface area contributed by atoms with E-state index in [1.165, 1.54) is 0 Å². The number of nitrogens with zero attached hydrogens (tertiary/aromatic N) is 1. The maximum atomic E-state index is 8.56. The Morgan fingerprint density at radius 2 is 1.57 bits per heavy atom. The molecule has 0 radical (unpaired) electrons. The van der Waals surface area contributed by atoms with Crippen molar-refractivity contribution >= 4 is 0 Å². The molecule has 0 saturated carbocycles. The number of aliphatic hydroxyl groups excluding tert-OH is 1. The van der Waals surface area contributed by atoms with Crippen LogP contribution in [0.5, 0.6) is 0 Å². The quantitative estimate of drug-likeness (QED) is 0.421. The molecule has 0 amide bonds. The molecule has 0 aliphatic carbocycles. The molecule has 7 heavy (non-hydrogen) atoms. The van der Waals surface area contributed by atoms with E-state index < -0.39 is 0 Å². The predicted molar refractivity (Wildman–Crippen MR) is 25.4 cm³/mol. The van der Waals surface area contributed by atoms with E-state index in [-0.39, 0.29) is 25.7 Å². The fourth-order valence-corrected chi connectivity index (χ4v) is 0.